The van der Waals surface area contributed by atoms with E-state index >= 15 is 0 Å². The molecule has 3 heteroatoms. The molecule has 0 saturated carbocycles. The zero-order valence-corrected chi connectivity index (χ0v) is 7.65. The van der Waals surface area contributed by atoms with Gasteiger partial charge in [-0.15, -0.1) is 0 Å². The number of hydrogen-bond donors (Lipinski definition) is 0. The van der Waals surface area contributed by atoms with E-state index in [0.717, 1.165) is 11.3 Å². The van der Waals surface area contributed by atoms with Crippen LogP contribution in [0.5, 0.6) is 0 Å². The van der Waals surface area contributed by atoms with Crippen LogP contribution in [0.15, 0.2) is 24.8 Å². The molecule has 64 valence electrons. The van der Waals surface area contributed by atoms with Crippen LogP contribution >= 0.6 is 0 Å². The third-order valence-corrected chi connectivity index (χ3v) is 1.41. The molecule has 0 aliphatic carbocycles. The minimum absolute atomic E-state index is 0.894. The Morgan fingerprint density at radius 1 is 1.25 bits per heavy atom. The minimum atomic E-state index is 0.894. The highest BCUT2D eigenvalue weighted by atomic mass is 15.0. The van der Waals surface area contributed by atoms with E-state index in [1.807, 2.05) is 37.6 Å². The van der Waals surface area contributed by atoms with Crippen LogP contribution in [0.25, 0.3) is 5.65 Å². The van der Waals surface area contributed by atoms with E-state index in [-0.39, 0.29) is 0 Å². The highest BCUT2D eigenvalue weighted by molar-refractivity contribution is 5.34. The SMILES string of the molecule is CC.Cc1cn2ccnc2cn1. The van der Waals surface area contributed by atoms with Crippen molar-refractivity contribution in [1.82, 2.24) is 14.4 Å². The Kier molecular flexibility index (Phi) is 2.80. The standard InChI is InChI=1S/C7H7N3.C2H6/c1-6-5-10-3-2-8-7(10)4-9-6;1-2/h2-5H,1H3;1-2H3. The normalized spacial score (nSPS) is 9.25. The fourth-order valence-corrected chi connectivity index (χ4v) is 0.928. The zero-order chi connectivity index (χ0) is 8.97. The number of rotatable bonds is 0. The number of aryl methyl sites for hydroxylation is 1. The maximum Gasteiger partial charge on any atom is 0.155 e. The second kappa shape index (κ2) is 3.85. The number of hydrogen-bond acceptors (Lipinski definition) is 2. The molecule has 12 heavy (non-hydrogen) atoms. The summed E-state index contributed by atoms with van der Waals surface area (Å²) >= 11 is 0. The van der Waals surface area contributed by atoms with E-state index in [4.69, 9.17) is 0 Å². The molecular weight excluding hydrogens is 150 g/mol. The third-order valence-electron chi connectivity index (χ3n) is 1.41. The Morgan fingerprint density at radius 3 is 2.75 bits per heavy atom. The van der Waals surface area contributed by atoms with Gasteiger partial charge in [-0.3, -0.25) is 4.98 Å². The van der Waals surface area contributed by atoms with E-state index in [2.05, 4.69) is 9.97 Å². The fraction of sp³-hybridized carbons (Fsp3) is 0.333. The van der Waals surface area contributed by atoms with Gasteiger partial charge in [-0.25, -0.2) is 4.98 Å². The lowest BCUT2D eigenvalue weighted by Gasteiger charge is -1.92. The molecule has 0 aromatic carbocycles. The van der Waals surface area contributed by atoms with Gasteiger partial charge in [0.05, 0.1) is 11.9 Å². The molecule has 0 unspecified atom stereocenters. The summed E-state index contributed by atoms with van der Waals surface area (Å²) in [6.45, 7) is 5.96. The van der Waals surface area contributed by atoms with Crippen LogP contribution in [0.2, 0.25) is 0 Å². The Labute approximate surface area is 72.1 Å². The molecule has 2 heterocycles. The summed E-state index contributed by atoms with van der Waals surface area (Å²) in [5.41, 5.74) is 1.90. The Hall–Kier alpha value is -1.38. The fourth-order valence-electron chi connectivity index (χ4n) is 0.928. The van der Waals surface area contributed by atoms with Gasteiger partial charge in [0.15, 0.2) is 5.65 Å². The van der Waals surface area contributed by atoms with Gasteiger partial charge in [0.25, 0.3) is 0 Å². The van der Waals surface area contributed by atoms with Gasteiger partial charge < -0.3 is 4.40 Å². The lowest BCUT2D eigenvalue weighted by molar-refractivity contribution is 1.07. The second-order valence-electron chi connectivity index (χ2n) is 2.22. The Bertz CT molecular complexity index is 351. The molecule has 0 saturated heterocycles. The summed E-state index contributed by atoms with van der Waals surface area (Å²) in [6.07, 6.45) is 7.37. The largest absolute Gasteiger partial charge is 0.304 e. The summed E-state index contributed by atoms with van der Waals surface area (Å²) < 4.78 is 1.95. The number of nitrogens with zero attached hydrogens (tertiary/aromatic N) is 3. The topological polar surface area (TPSA) is 30.2 Å². The van der Waals surface area contributed by atoms with E-state index in [9.17, 15) is 0 Å². The van der Waals surface area contributed by atoms with Crippen molar-refractivity contribution in [3.63, 3.8) is 0 Å². The second-order valence-corrected chi connectivity index (χ2v) is 2.22. The predicted octanol–water partition coefficient (Wildman–Crippen LogP) is 2.06. The molecule has 2 rings (SSSR count). The Morgan fingerprint density at radius 2 is 2.00 bits per heavy atom. The van der Waals surface area contributed by atoms with E-state index < -0.39 is 0 Å². The summed E-state index contributed by atoms with van der Waals surface area (Å²) in [5.74, 6) is 0. The first-order valence-corrected chi connectivity index (χ1v) is 4.11. The van der Waals surface area contributed by atoms with Gasteiger partial charge in [0.2, 0.25) is 0 Å². The minimum Gasteiger partial charge on any atom is -0.304 e. The maximum atomic E-state index is 4.10. The molecule has 0 bridgehead atoms. The van der Waals surface area contributed by atoms with Crippen LogP contribution in [-0.4, -0.2) is 14.4 Å². The number of fused-ring (bicyclic) bond motifs is 1. The molecule has 0 amide bonds. The van der Waals surface area contributed by atoms with Crippen molar-refractivity contribution in [2.24, 2.45) is 0 Å². The predicted molar refractivity (Wildman–Crippen MR) is 49.1 cm³/mol. The van der Waals surface area contributed by atoms with Gasteiger partial charge >= 0.3 is 0 Å². The van der Waals surface area contributed by atoms with E-state index in [1.54, 1.807) is 12.4 Å². The highest BCUT2D eigenvalue weighted by Crippen LogP contribution is 1.98. The van der Waals surface area contributed by atoms with Crippen LogP contribution in [-0.2, 0) is 0 Å². The first-order valence-electron chi connectivity index (χ1n) is 4.11. The molecule has 0 atom stereocenters. The van der Waals surface area contributed by atoms with Crippen molar-refractivity contribution < 1.29 is 0 Å². The molecule has 2 aromatic rings. The molecule has 0 aliphatic rings. The summed E-state index contributed by atoms with van der Waals surface area (Å²) in [7, 11) is 0. The molecule has 2 aromatic heterocycles. The molecule has 3 nitrogen and oxygen atoms in total. The summed E-state index contributed by atoms with van der Waals surface area (Å²) in [4.78, 5) is 8.16. The van der Waals surface area contributed by atoms with Gasteiger partial charge in [-0.1, -0.05) is 13.8 Å². The monoisotopic (exact) mass is 163 g/mol. The van der Waals surface area contributed by atoms with Crippen LogP contribution in [0, 0.1) is 6.92 Å². The maximum absolute atomic E-state index is 4.10. The molecule has 0 radical (unpaired) electrons. The van der Waals surface area contributed by atoms with Crippen molar-refractivity contribution in [2.75, 3.05) is 0 Å². The van der Waals surface area contributed by atoms with Crippen molar-refractivity contribution in [2.45, 2.75) is 20.8 Å². The average Bonchev–Trinajstić information content (AvgIpc) is 2.54. The third kappa shape index (κ3) is 1.61. The Balaban J connectivity index is 0.000000336. The molecular formula is C9H13N3. The van der Waals surface area contributed by atoms with Crippen LogP contribution in [0.4, 0.5) is 0 Å². The first-order chi connectivity index (χ1) is 5.86. The molecule has 0 aliphatic heterocycles. The van der Waals surface area contributed by atoms with Gasteiger partial charge in [-0.2, -0.15) is 0 Å². The van der Waals surface area contributed by atoms with Gasteiger partial charge in [0.1, 0.15) is 0 Å². The van der Waals surface area contributed by atoms with Crippen molar-refractivity contribution >= 4 is 5.65 Å². The van der Waals surface area contributed by atoms with Crippen molar-refractivity contribution in [3.8, 4) is 0 Å². The van der Waals surface area contributed by atoms with Crippen LogP contribution < -0.4 is 0 Å². The van der Waals surface area contributed by atoms with Crippen LogP contribution in [0.1, 0.15) is 19.5 Å². The highest BCUT2D eigenvalue weighted by Gasteiger charge is 1.91. The molecule has 0 N–H and O–H groups in total. The quantitative estimate of drug-likeness (QED) is 0.595. The first kappa shape index (κ1) is 8.71. The number of imidazole rings is 1. The zero-order valence-electron chi connectivity index (χ0n) is 7.65. The molecule has 0 spiro atoms. The summed E-state index contributed by atoms with van der Waals surface area (Å²) in [5, 5.41) is 0. The summed E-state index contributed by atoms with van der Waals surface area (Å²) in [6, 6.07) is 0. The van der Waals surface area contributed by atoms with E-state index in [1.165, 1.54) is 0 Å². The van der Waals surface area contributed by atoms with Gasteiger partial charge in [0, 0.05) is 18.6 Å². The van der Waals surface area contributed by atoms with E-state index in [0.29, 0.717) is 0 Å². The van der Waals surface area contributed by atoms with Crippen molar-refractivity contribution in [3.05, 3.63) is 30.5 Å². The lowest BCUT2D eigenvalue weighted by Crippen LogP contribution is -1.87. The number of aromatic nitrogens is 3. The lowest BCUT2D eigenvalue weighted by atomic mass is 10.5. The van der Waals surface area contributed by atoms with Crippen LogP contribution in [0.3, 0.4) is 0 Å². The average molecular weight is 163 g/mol. The molecule has 0 fully saturated rings. The smallest absolute Gasteiger partial charge is 0.155 e. The van der Waals surface area contributed by atoms with Crippen molar-refractivity contribution in [1.29, 1.82) is 0 Å². The van der Waals surface area contributed by atoms with Gasteiger partial charge in [-0.05, 0) is 6.92 Å².